The second kappa shape index (κ2) is 12.5. The fourth-order valence-electron chi connectivity index (χ4n) is 2.47. The van der Waals surface area contributed by atoms with E-state index in [4.69, 9.17) is 11.6 Å². The first-order valence-corrected chi connectivity index (χ1v) is 9.52. The monoisotopic (exact) mass is 356 g/mol. The van der Waals surface area contributed by atoms with Gasteiger partial charge in [-0.25, -0.2) is 0 Å². The number of aryl methyl sites for hydroxylation is 1. The molecule has 2 aromatic rings. The number of allylic oxidation sites excluding steroid dienone is 2. The summed E-state index contributed by atoms with van der Waals surface area (Å²) in [7, 11) is 0. The molecule has 0 heterocycles. The van der Waals surface area contributed by atoms with Crippen LogP contribution >= 0.6 is 11.6 Å². The molecule has 134 valence electrons. The van der Waals surface area contributed by atoms with Crippen molar-refractivity contribution in [2.24, 2.45) is 0 Å². The Morgan fingerprint density at radius 3 is 1.76 bits per heavy atom. The van der Waals surface area contributed by atoms with Crippen LogP contribution in [0.4, 0.5) is 0 Å². The van der Waals surface area contributed by atoms with Gasteiger partial charge >= 0.3 is 0 Å². The number of ketones is 1. The molecule has 0 aliphatic rings. The summed E-state index contributed by atoms with van der Waals surface area (Å²) in [5.74, 6) is 0.0749. The molecule has 0 atom stereocenters. The zero-order chi connectivity index (χ0) is 18.5. The van der Waals surface area contributed by atoms with E-state index in [-0.39, 0.29) is 5.78 Å². The highest BCUT2D eigenvalue weighted by molar-refractivity contribution is 6.32. The first-order valence-electron chi connectivity index (χ1n) is 9.15. The van der Waals surface area contributed by atoms with Crippen molar-refractivity contribution in [3.63, 3.8) is 0 Å². The summed E-state index contributed by atoms with van der Waals surface area (Å²) < 4.78 is 0. The van der Waals surface area contributed by atoms with E-state index in [0.717, 1.165) is 48.3 Å². The summed E-state index contributed by atoms with van der Waals surface area (Å²) in [6.07, 6.45) is 4.59. The van der Waals surface area contributed by atoms with Crippen LogP contribution in [0.3, 0.4) is 0 Å². The van der Waals surface area contributed by atoms with E-state index >= 15 is 0 Å². The highest BCUT2D eigenvalue weighted by atomic mass is 35.5. The number of benzene rings is 2. The van der Waals surface area contributed by atoms with E-state index in [0.29, 0.717) is 0 Å². The Morgan fingerprint density at radius 1 is 0.800 bits per heavy atom. The fourth-order valence-corrected chi connectivity index (χ4v) is 2.84. The topological polar surface area (TPSA) is 17.1 Å². The maximum absolute atomic E-state index is 12.3. The van der Waals surface area contributed by atoms with E-state index in [2.05, 4.69) is 45.0 Å². The van der Waals surface area contributed by atoms with Crippen molar-refractivity contribution in [1.29, 1.82) is 0 Å². The van der Waals surface area contributed by atoms with Crippen LogP contribution in [0.25, 0.3) is 0 Å². The first kappa shape index (κ1) is 21.2. The molecule has 0 unspecified atom stereocenters. The molecular formula is C23H29ClO. The van der Waals surface area contributed by atoms with Crippen LogP contribution in [0.5, 0.6) is 0 Å². The average Bonchev–Trinajstić information content (AvgIpc) is 2.67. The Kier molecular flexibility index (Phi) is 10.6. The number of Topliss-reactive ketones (excluding diaryl/α,β-unsaturated/α-hetero) is 1. The zero-order valence-corrected chi connectivity index (χ0v) is 16.4. The van der Waals surface area contributed by atoms with Gasteiger partial charge in [0, 0.05) is 16.2 Å². The molecule has 0 saturated carbocycles. The van der Waals surface area contributed by atoms with Crippen molar-refractivity contribution in [2.75, 3.05) is 0 Å². The Labute approximate surface area is 157 Å². The van der Waals surface area contributed by atoms with Gasteiger partial charge in [-0.05, 0) is 24.8 Å². The standard InChI is InChI=1S/C15H19ClO.C8H10/c1-3-8-13(14(16)9-4-2)15(17)12-10-6-5-7-11-12;1-2-8-6-4-3-5-7-8/h5-7,10-11H,3-4,8-9H2,1-2H3;3-7H,2H2,1H3/b14-13-;. The lowest BCUT2D eigenvalue weighted by atomic mass is 9.98. The lowest BCUT2D eigenvalue weighted by molar-refractivity contribution is 0.103. The van der Waals surface area contributed by atoms with Gasteiger partial charge < -0.3 is 0 Å². The third-order valence-corrected chi connectivity index (χ3v) is 4.28. The van der Waals surface area contributed by atoms with Crippen LogP contribution in [0, 0.1) is 0 Å². The van der Waals surface area contributed by atoms with E-state index < -0.39 is 0 Å². The lowest BCUT2D eigenvalue weighted by Gasteiger charge is -2.08. The summed E-state index contributed by atoms with van der Waals surface area (Å²) in [5, 5.41) is 0.725. The predicted molar refractivity (Wildman–Crippen MR) is 109 cm³/mol. The molecule has 0 amide bonds. The SMILES string of the molecule is CCC/C(Cl)=C(\CCC)C(=O)c1ccccc1.CCc1ccccc1. The van der Waals surface area contributed by atoms with Crippen molar-refractivity contribution in [2.45, 2.75) is 52.9 Å². The number of rotatable bonds is 7. The third kappa shape index (κ3) is 7.70. The molecule has 2 rings (SSSR count). The van der Waals surface area contributed by atoms with Gasteiger partial charge in [-0.2, -0.15) is 0 Å². The molecule has 0 aliphatic carbocycles. The van der Waals surface area contributed by atoms with Gasteiger partial charge in [0.15, 0.2) is 5.78 Å². The quantitative estimate of drug-likeness (QED) is 0.378. The minimum absolute atomic E-state index is 0.0749. The number of carbonyl (C=O) groups is 1. The highest BCUT2D eigenvalue weighted by Crippen LogP contribution is 2.23. The van der Waals surface area contributed by atoms with E-state index in [1.54, 1.807) is 0 Å². The largest absolute Gasteiger partial charge is 0.289 e. The molecule has 0 bridgehead atoms. The summed E-state index contributed by atoms with van der Waals surface area (Å²) >= 11 is 6.23. The van der Waals surface area contributed by atoms with Crippen molar-refractivity contribution in [3.8, 4) is 0 Å². The van der Waals surface area contributed by atoms with Crippen LogP contribution in [-0.2, 0) is 6.42 Å². The Hall–Kier alpha value is -1.86. The van der Waals surface area contributed by atoms with Gasteiger partial charge in [-0.1, -0.05) is 106 Å². The molecule has 0 fully saturated rings. The number of hydrogen-bond acceptors (Lipinski definition) is 1. The molecule has 2 heteroatoms. The summed E-state index contributed by atoms with van der Waals surface area (Å²) in [4.78, 5) is 12.3. The van der Waals surface area contributed by atoms with Gasteiger partial charge in [-0.3, -0.25) is 4.79 Å². The highest BCUT2D eigenvalue weighted by Gasteiger charge is 2.14. The van der Waals surface area contributed by atoms with E-state index in [9.17, 15) is 4.79 Å². The van der Waals surface area contributed by atoms with Crippen molar-refractivity contribution in [3.05, 3.63) is 82.4 Å². The smallest absolute Gasteiger partial charge is 0.190 e. The molecular weight excluding hydrogens is 328 g/mol. The fraction of sp³-hybridized carbons (Fsp3) is 0.348. The van der Waals surface area contributed by atoms with Crippen LogP contribution < -0.4 is 0 Å². The molecule has 2 aromatic carbocycles. The molecule has 0 N–H and O–H groups in total. The van der Waals surface area contributed by atoms with Gasteiger partial charge in [0.1, 0.15) is 0 Å². The molecule has 0 aliphatic heterocycles. The van der Waals surface area contributed by atoms with Gasteiger partial charge in [0.2, 0.25) is 0 Å². The molecule has 25 heavy (non-hydrogen) atoms. The van der Waals surface area contributed by atoms with E-state index in [1.807, 2.05) is 36.4 Å². The lowest BCUT2D eigenvalue weighted by Crippen LogP contribution is -2.05. The van der Waals surface area contributed by atoms with E-state index in [1.165, 1.54) is 5.56 Å². The van der Waals surface area contributed by atoms with Crippen LogP contribution in [0.1, 0.15) is 62.4 Å². The minimum Gasteiger partial charge on any atom is -0.289 e. The molecule has 0 aromatic heterocycles. The van der Waals surface area contributed by atoms with Gasteiger partial charge in [0.05, 0.1) is 0 Å². The average molecular weight is 357 g/mol. The molecule has 1 nitrogen and oxygen atoms in total. The Morgan fingerprint density at radius 2 is 1.32 bits per heavy atom. The zero-order valence-electron chi connectivity index (χ0n) is 15.6. The maximum Gasteiger partial charge on any atom is 0.190 e. The third-order valence-electron chi connectivity index (χ3n) is 3.86. The second-order valence-electron chi connectivity index (χ2n) is 5.92. The minimum atomic E-state index is 0.0749. The van der Waals surface area contributed by atoms with Crippen molar-refractivity contribution >= 4 is 17.4 Å². The van der Waals surface area contributed by atoms with Gasteiger partial charge in [-0.15, -0.1) is 0 Å². The first-order chi connectivity index (χ1) is 12.1. The van der Waals surface area contributed by atoms with Crippen LogP contribution in [-0.4, -0.2) is 5.78 Å². The summed E-state index contributed by atoms with van der Waals surface area (Å²) in [6, 6.07) is 19.8. The normalized spacial score (nSPS) is 11.2. The van der Waals surface area contributed by atoms with Crippen molar-refractivity contribution < 1.29 is 4.79 Å². The van der Waals surface area contributed by atoms with Gasteiger partial charge in [0.25, 0.3) is 0 Å². The number of hydrogen-bond donors (Lipinski definition) is 0. The molecule has 0 radical (unpaired) electrons. The number of carbonyl (C=O) groups excluding carboxylic acids is 1. The van der Waals surface area contributed by atoms with Crippen LogP contribution in [0.15, 0.2) is 71.3 Å². The molecule has 0 saturated heterocycles. The predicted octanol–water partition coefficient (Wildman–Crippen LogP) is 7.21. The number of halogens is 1. The van der Waals surface area contributed by atoms with Crippen LogP contribution in [0.2, 0.25) is 0 Å². The Bertz CT molecular complexity index is 644. The second-order valence-corrected chi connectivity index (χ2v) is 6.37. The maximum atomic E-state index is 12.3. The summed E-state index contributed by atoms with van der Waals surface area (Å²) in [6.45, 7) is 6.29. The molecule has 0 spiro atoms. The summed E-state index contributed by atoms with van der Waals surface area (Å²) in [5.41, 5.74) is 2.92. The van der Waals surface area contributed by atoms with Crippen molar-refractivity contribution in [1.82, 2.24) is 0 Å². The Balaban J connectivity index is 0.000000324.